The molecule has 0 saturated carbocycles. The molecule has 0 saturated heterocycles. The third kappa shape index (κ3) is 2.39. The molecule has 0 aromatic heterocycles. The van der Waals surface area contributed by atoms with E-state index >= 15 is 0 Å². The van der Waals surface area contributed by atoms with Gasteiger partial charge in [-0.2, -0.15) is 26.9 Å². The molecule has 0 spiro atoms. The molecule has 0 aliphatic carbocycles. The molecule has 0 atom stereocenters. The lowest BCUT2D eigenvalue weighted by Crippen LogP contribution is -2.51. The van der Waals surface area contributed by atoms with Gasteiger partial charge in [-0.05, 0) is 19.6 Å². The summed E-state index contributed by atoms with van der Waals surface area (Å²) < 4.78 is 57.7. The number of hydrogen-bond acceptors (Lipinski definition) is 3. The lowest BCUT2D eigenvalue weighted by Gasteiger charge is -2.28. The fourth-order valence-corrected chi connectivity index (χ4v) is 4.48. The number of alkyl halides is 3. The Morgan fingerprint density at radius 3 is 1.71 bits per heavy atom. The molecule has 0 amide bonds. The van der Waals surface area contributed by atoms with E-state index in [9.17, 15) is 21.6 Å². The van der Waals surface area contributed by atoms with Crippen molar-refractivity contribution in [3.63, 3.8) is 0 Å². The Morgan fingerprint density at radius 2 is 1.64 bits per heavy atom. The van der Waals surface area contributed by atoms with Crippen molar-refractivity contribution in [1.82, 2.24) is 3.97 Å². The first-order chi connectivity index (χ1) is 5.94. The third-order valence-corrected chi connectivity index (χ3v) is 6.06. The maximum Gasteiger partial charge on any atom is 0.516 e. The highest BCUT2D eigenvalue weighted by molar-refractivity contribution is 7.91. The van der Waals surface area contributed by atoms with Crippen LogP contribution in [0.4, 0.5) is 13.2 Å². The van der Waals surface area contributed by atoms with E-state index in [1.54, 1.807) is 0 Å². The standard InChI is InChI=1S/C5H9F3N2O2SSi/c1-14(2,3)10(4-9)13(11,12)5(6,7)8/h1-3H3. The highest BCUT2D eigenvalue weighted by Crippen LogP contribution is 2.29. The molecular weight excluding hydrogens is 237 g/mol. The van der Waals surface area contributed by atoms with E-state index in [4.69, 9.17) is 5.26 Å². The average Bonchev–Trinajstić information content (AvgIpc) is 1.80. The van der Waals surface area contributed by atoms with E-state index in [-0.39, 0.29) is 3.97 Å². The Hall–Kier alpha value is -0.753. The molecule has 82 valence electrons. The van der Waals surface area contributed by atoms with Gasteiger partial charge < -0.3 is 0 Å². The minimum absolute atomic E-state index is 0.125. The van der Waals surface area contributed by atoms with E-state index in [2.05, 4.69) is 0 Å². The third-order valence-electron chi connectivity index (χ3n) is 1.23. The van der Waals surface area contributed by atoms with Gasteiger partial charge in [-0.25, -0.2) is 3.97 Å². The van der Waals surface area contributed by atoms with Crippen molar-refractivity contribution in [2.75, 3.05) is 0 Å². The van der Waals surface area contributed by atoms with Crippen LogP contribution < -0.4 is 0 Å². The monoisotopic (exact) mass is 246 g/mol. The van der Waals surface area contributed by atoms with E-state index in [1.165, 1.54) is 19.6 Å². The number of nitriles is 1. The van der Waals surface area contributed by atoms with Crippen LogP contribution in [0.25, 0.3) is 0 Å². The molecule has 14 heavy (non-hydrogen) atoms. The van der Waals surface area contributed by atoms with Gasteiger partial charge in [-0.15, -0.1) is 0 Å². The molecule has 0 N–H and O–H groups in total. The molecule has 4 nitrogen and oxygen atoms in total. The number of sulfonamides is 1. The normalized spacial score (nSPS) is 13.5. The van der Waals surface area contributed by atoms with Crippen LogP contribution in [-0.2, 0) is 10.0 Å². The van der Waals surface area contributed by atoms with Crippen LogP contribution in [0.2, 0.25) is 19.6 Å². The van der Waals surface area contributed by atoms with Crippen molar-refractivity contribution >= 4 is 18.3 Å². The number of nitrogens with zero attached hydrogens (tertiary/aromatic N) is 2. The Kier molecular flexibility index (Phi) is 3.25. The largest absolute Gasteiger partial charge is 0.516 e. The van der Waals surface area contributed by atoms with Gasteiger partial charge in [0, 0.05) is 0 Å². The molecule has 0 aliphatic rings. The molecule has 0 aromatic rings. The van der Waals surface area contributed by atoms with Crippen LogP contribution in [0.15, 0.2) is 0 Å². The zero-order chi connectivity index (χ0) is 11.8. The Balaban J connectivity index is 5.43. The topological polar surface area (TPSA) is 61.2 Å². The number of hydrogen-bond donors (Lipinski definition) is 0. The molecule has 0 unspecified atom stereocenters. The summed E-state index contributed by atoms with van der Waals surface area (Å²) in [6.07, 6.45) is 1.08. The van der Waals surface area contributed by atoms with Gasteiger partial charge in [0.2, 0.25) is 0 Å². The molecular formula is C5H9F3N2O2SSi. The van der Waals surface area contributed by atoms with Crippen molar-refractivity contribution in [3.05, 3.63) is 0 Å². The summed E-state index contributed by atoms with van der Waals surface area (Å²) in [5, 5.41) is 8.39. The minimum atomic E-state index is -5.51. The molecule has 0 heterocycles. The molecule has 0 rings (SSSR count). The molecule has 0 fully saturated rings. The molecule has 0 aromatic carbocycles. The first-order valence-corrected chi connectivity index (χ1v) is 8.35. The Labute approximate surface area is 81.1 Å². The fraction of sp³-hybridized carbons (Fsp3) is 0.800. The van der Waals surface area contributed by atoms with E-state index in [0.717, 1.165) is 6.19 Å². The maximum absolute atomic E-state index is 12.0. The summed E-state index contributed by atoms with van der Waals surface area (Å²) in [5.74, 6) is 0. The first-order valence-electron chi connectivity index (χ1n) is 3.46. The number of rotatable bonds is 2. The van der Waals surface area contributed by atoms with Crippen molar-refractivity contribution in [1.29, 1.82) is 5.26 Å². The summed E-state index contributed by atoms with van der Waals surface area (Å²) in [6, 6.07) is 0. The van der Waals surface area contributed by atoms with Gasteiger partial charge in [-0.3, -0.25) is 0 Å². The second kappa shape index (κ2) is 3.43. The fourth-order valence-electron chi connectivity index (χ4n) is 0.668. The van der Waals surface area contributed by atoms with Crippen LogP contribution in [0.1, 0.15) is 0 Å². The summed E-state index contributed by atoms with van der Waals surface area (Å²) in [7, 11) is -8.38. The smallest absolute Gasteiger partial charge is 0.231 e. The molecule has 0 radical (unpaired) electrons. The minimum Gasteiger partial charge on any atom is -0.231 e. The predicted octanol–water partition coefficient (Wildman–Crippen LogP) is 1.45. The lowest BCUT2D eigenvalue weighted by molar-refractivity contribution is -0.0462. The SMILES string of the molecule is C[Si](C)(C)N(C#N)S(=O)(=O)C(F)(F)F. The Morgan fingerprint density at radius 1 is 1.29 bits per heavy atom. The van der Waals surface area contributed by atoms with Gasteiger partial charge in [0.05, 0.1) is 0 Å². The second-order valence-electron chi connectivity index (χ2n) is 3.49. The maximum atomic E-state index is 12.0. The van der Waals surface area contributed by atoms with E-state index in [1.807, 2.05) is 0 Å². The summed E-state index contributed by atoms with van der Waals surface area (Å²) in [6.45, 7) is 4.00. The van der Waals surface area contributed by atoms with Crippen molar-refractivity contribution in [2.24, 2.45) is 0 Å². The van der Waals surface area contributed by atoms with Gasteiger partial charge in [0.25, 0.3) is 0 Å². The molecule has 0 aliphatic heterocycles. The van der Waals surface area contributed by atoms with E-state index < -0.39 is 23.8 Å². The Bertz CT molecular complexity index is 351. The predicted molar refractivity (Wildman–Crippen MR) is 45.8 cm³/mol. The van der Waals surface area contributed by atoms with Crippen LogP contribution in [0.3, 0.4) is 0 Å². The van der Waals surface area contributed by atoms with Crippen molar-refractivity contribution in [2.45, 2.75) is 25.1 Å². The zero-order valence-corrected chi connectivity index (χ0v) is 9.57. The summed E-state index contributed by atoms with van der Waals surface area (Å²) in [5.41, 5.74) is -5.41. The molecule has 0 bridgehead atoms. The highest BCUT2D eigenvalue weighted by Gasteiger charge is 2.53. The molecule has 9 heteroatoms. The summed E-state index contributed by atoms with van der Waals surface area (Å²) in [4.78, 5) is 0. The van der Waals surface area contributed by atoms with Crippen molar-refractivity contribution < 1.29 is 21.6 Å². The van der Waals surface area contributed by atoms with Gasteiger partial charge in [-0.1, -0.05) is 0 Å². The highest BCUT2D eigenvalue weighted by atomic mass is 32.2. The quantitative estimate of drug-likeness (QED) is 0.421. The second-order valence-corrected chi connectivity index (χ2v) is 10.4. The summed E-state index contributed by atoms with van der Waals surface area (Å²) >= 11 is 0. The van der Waals surface area contributed by atoms with Gasteiger partial charge in [0.1, 0.15) is 0 Å². The number of halogens is 3. The lowest BCUT2D eigenvalue weighted by atomic mass is 11.5. The van der Waals surface area contributed by atoms with Crippen LogP contribution in [0, 0.1) is 11.5 Å². The van der Waals surface area contributed by atoms with Crippen LogP contribution >= 0.6 is 0 Å². The van der Waals surface area contributed by atoms with Gasteiger partial charge in [0.15, 0.2) is 14.4 Å². The van der Waals surface area contributed by atoms with Gasteiger partial charge >= 0.3 is 15.5 Å². The van der Waals surface area contributed by atoms with Crippen LogP contribution in [0.5, 0.6) is 0 Å². The first kappa shape index (κ1) is 13.2. The van der Waals surface area contributed by atoms with Crippen LogP contribution in [-0.4, -0.2) is 26.1 Å². The average molecular weight is 246 g/mol. The van der Waals surface area contributed by atoms with E-state index in [0.29, 0.717) is 0 Å². The van der Waals surface area contributed by atoms with Crippen molar-refractivity contribution in [3.8, 4) is 6.19 Å². The zero-order valence-electron chi connectivity index (χ0n) is 7.75.